The van der Waals surface area contributed by atoms with Crippen molar-refractivity contribution in [3.8, 4) is 0 Å². The van der Waals surface area contributed by atoms with Gasteiger partial charge in [-0.15, -0.1) is 0 Å². The molecule has 1 unspecified atom stereocenters. The average Bonchev–Trinajstić information content (AvgIpc) is 2.81. The number of nitrogens with zero attached hydrogens (tertiary/aromatic N) is 2. The number of ether oxygens (including phenoxy) is 1. The standard InChI is InChI=1S/C24H45FN4O3/c1-18-17-20(5-8-22(18)25)24(27-31)29-14-12-28(13-15-29)11-9-19-3-6-21(7-4-19)26-23(30)10-16-32-2/h17,19-24,26-27,30-31H,3-16H2,1-2H3/t19?,20?,21?,22-,23-,24-/m0/s1. The first-order valence-corrected chi connectivity index (χ1v) is 12.6. The molecule has 8 heteroatoms. The molecule has 4 atom stereocenters. The molecule has 4 N–H and O–H groups in total. The number of hydrogen-bond donors (Lipinski definition) is 4. The fourth-order valence-corrected chi connectivity index (χ4v) is 5.62. The van der Waals surface area contributed by atoms with E-state index in [0.29, 0.717) is 25.5 Å². The zero-order valence-electron chi connectivity index (χ0n) is 20.0. The van der Waals surface area contributed by atoms with Crippen molar-refractivity contribution in [2.75, 3.05) is 46.4 Å². The number of nitrogens with one attached hydrogen (secondary N) is 2. The van der Waals surface area contributed by atoms with Crippen LogP contribution in [0, 0.1) is 11.8 Å². The number of allylic oxidation sites excluding steroid dienone is 1. The average molecular weight is 457 g/mol. The number of hydroxylamine groups is 1. The van der Waals surface area contributed by atoms with Gasteiger partial charge in [0.05, 0.1) is 6.17 Å². The summed E-state index contributed by atoms with van der Waals surface area (Å²) in [6.45, 7) is 7.46. The SMILES string of the molecule is COCC[C@H](O)NC1CCC(CCN2CCN([C@H](NO)C3C=C(C)[C@@H](F)CC3)CC2)CC1. The van der Waals surface area contributed by atoms with E-state index in [1.54, 1.807) is 7.11 Å². The molecular formula is C24H45FN4O3. The normalized spacial score (nSPS) is 32.5. The highest BCUT2D eigenvalue weighted by Gasteiger charge is 2.32. The molecule has 0 radical (unpaired) electrons. The van der Waals surface area contributed by atoms with Crippen molar-refractivity contribution in [2.45, 2.75) is 82.9 Å². The van der Waals surface area contributed by atoms with Crippen LogP contribution in [0.15, 0.2) is 11.6 Å². The van der Waals surface area contributed by atoms with Gasteiger partial charge in [-0.05, 0) is 69.9 Å². The lowest BCUT2D eigenvalue weighted by atomic mass is 9.84. The van der Waals surface area contributed by atoms with E-state index in [2.05, 4.69) is 20.6 Å². The van der Waals surface area contributed by atoms with E-state index in [-0.39, 0.29) is 12.1 Å². The summed E-state index contributed by atoms with van der Waals surface area (Å²) in [6, 6.07) is 0.426. The molecule has 0 aromatic rings. The van der Waals surface area contributed by atoms with Gasteiger partial charge in [0, 0.05) is 58.3 Å². The van der Waals surface area contributed by atoms with Gasteiger partial charge in [-0.3, -0.25) is 10.2 Å². The Morgan fingerprint density at radius 1 is 1.12 bits per heavy atom. The zero-order chi connectivity index (χ0) is 22.9. The van der Waals surface area contributed by atoms with Crippen molar-refractivity contribution in [1.29, 1.82) is 0 Å². The summed E-state index contributed by atoms with van der Waals surface area (Å²) >= 11 is 0. The van der Waals surface area contributed by atoms with Crippen LogP contribution in [0.3, 0.4) is 0 Å². The number of aliphatic hydroxyl groups is 1. The van der Waals surface area contributed by atoms with Crippen LogP contribution in [-0.2, 0) is 4.74 Å². The lowest BCUT2D eigenvalue weighted by molar-refractivity contribution is -0.0187. The highest BCUT2D eigenvalue weighted by Crippen LogP contribution is 2.30. The van der Waals surface area contributed by atoms with Crippen molar-refractivity contribution in [2.24, 2.45) is 11.8 Å². The first kappa shape index (κ1) is 26.0. The lowest BCUT2D eigenvalue weighted by Gasteiger charge is -2.42. The Kier molecular flexibility index (Phi) is 10.8. The second-order valence-electron chi connectivity index (χ2n) is 10.0. The van der Waals surface area contributed by atoms with Crippen molar-refractivity contribution in [3.63, 3.8) is 0 Å². The van der Waals surface area contributed by atoms with Gasteiger partial charge in [0.2, 0.25) is 0 Å². The van der Waals surface area contributed by atoms with Crippen LogP contribution in [0.4, 0.5) is 4.39 Å². The van der Waals surface area contributed by atoms with E-state index < -0.39 is 12.4 Å². The van der Waals surface area contributed by atoms with Crippen LogP contribution < -0.4 is 10.8 Å². The van der Waals surface area contributed by atoms with Gasteiger partial charge >= 0.3 is 0 Å². The van der Waals surface area contributed by atoms with Crippen LogP contribution >= 0.6 is 0 Å². The number of alkyl halides is 1. The van der Waals surface area contributed by atoms with Crippen molar-refractivity contribution in [3.05, 3.63) is 11.6 Å². The zero-order valence-corrected chi connectivity index (χ0v) is 20.0. The first-order valence-electron chi connectivity index (χ1n) is 12.6. The van der Waals surface area contributed by atoms with E-state index in [0.717, 1.165) is 63.5 Å². The monoisotopic (exact) mass is 456 g/mol. The molecule has 3 aliphatic rings. The predicted octanol–water partition coefficient (Wildman–Crippen LogP) is 2.50. The summed E-state index contributed by atoms with van der Waals surface area (Å²) in [7, 11) is 1.66. The Labute approximate surface area is 193 Å². The molecule has 1 saturated carbocycles. The molecule has 186 valence electrons. The van der Waals surface area contributed by atoms with Gasteiger partial charge in [-0.2, -0.15) is 5.48 Å². The quantitative estimate of drug-likeness (QED) is 0.216. The van der Waals surface area contributed by atoms with E-state index in [9.17, 15) is 14.7 Å². The van der Waals surface area contributed by atoms with E-state index in [4.69, 9.17) is 4.74 Å². The lowest BCUT2D eigenvalue weighted by Crippen LogP contribution is -2.57. The predicted molar refractivity (Wildman–Crippen MR) is 124 cm³/mol. The number of rotatable bonds is 11. The molecule has 2 fully saturated rings. The van der Waals surface area contributed by atoms with Gasteiger partial charge < -0.3 is 20.0 Å². The molecule has 0 bridgehead atoms. The molecule has 0 aromatic heterocycles. The summed E-state index contributed by atoms with van der Waals surface area (Å²) in [4.78, 5) is 4.86. The second kappa shape index (κ2) is 13.3. The molecule has 0 spiro atoms. The molecular weight excluding hydrogens is 411 g/mol. The summed E-state index contributed by atoms with van der Waals surface area (Å²) in [6.07, 6.45) is 8.55. The Balaban J connectivity index is 1.33. The summed E-state index contributed by atoms with van der Waals surface area (Å²) in [5.41, 5.74) is 3.31. The largest absolute Gasteiger partial charge is 0.385 e. The summed E-state index contributed by atoms with van der Waals surface area (Å²) in [5.74, 6) is 0.938. The van der Waals surface area contributed by atoms with Crippen LogP contribution in [0.1, 0.15) is 58.3 Å². The number of halogens is 1. The van der Waals surface area contributed by atoms with Gasteiger partial charge in [0.25, 0.3) is 0 Å². The Bertz CT molecular complexity index is 565. The fourth-order valence-electron chi connectivity index (χ4n) is 5.62. The highest BCUT2D eigenvalue weighted by molar-refractivity contribution is 5.12. The minimum Gasteiger partial charge on any atom is -0.385 e. The summed E-state index contributed by atoms with van der Waals surface area (Å²) < 4.78 is 18.8. The van der Waals surface area contributed by atoms with Gasteiger partial charge in [-0.25, -0.2) is 4.39 Å². The Morgan fingerprint density at radius 3 is 2.47 bits per heavy atom. The third-order valence-corrected chi connectivity index (χ3v) is 7.79. The van der Waals surface area contributed by atoms with Crippen molar-refractivity contribution < 1.29 is 19.4 Å². The van der Waals surface area contributed by atoms with Gasteiger partial charge in [0.15, 0.2) is 0 Å². The Morgan fingerprint density at radius 2 is 1.84 bits per heavy atom. The maximum Gasteiger partial charge on any atom is 0.121 e. The van der Waals surface area contributed by atoms with Crippen LogP contribution in [0.2, 0.25) is 0 Å². The second-order valence-corrected chi connectivity index (χ2v) is 10.0. The topological polar surface area (TPSA) is 80.2 Å². The fraction of sp³-hybridized carbons (Fsp3) is 0.917. The van der Waals surface area contributed by atoms with E-state index in [1.165, 1.54) is 19.3 Å². The number of piperazine rings is 1. The highest BCUT2D eigenvalue weighted by atomic mass is 19.1. The third-order valence-electron chi connectivity index (χ3n) is 7.79. The third kappa shape index (κ3) is 7.72. The molecule has 7 nitrogen and oxygen atoms in total. The Hall–Kier alpha value is -0.610. The number of methoxy groups -OCH3 is 1. The first-order chi connectivity index (χ1) is 15.5. The van der Waals surface area contributed by atoms with Gasteiger partial charge in [-0.1, -0.05) is 6.08 Å². The molecule has 2 aliphatic carbocycles. The maximum absolute atomic E-state index is 13.8. The number of aliphatic hydroxyl groups excluding tert-OH is 1. The molecule has 32 heavy (non-hydrogen) atoms. The molecule has 1 heterocycles. The van der Waals surface area contributed by atoms with E-state index in [1.807, 2.05) is 13.0 Å². The smallest absolute Gasteiger partial charge is 0.121 e. The summed E-state index contributed by atoms with van der Waals surface area (Å²) in [5, 5.41) is 23.1. The van der Waals surface area contributed by atoms with E-state index >= 15 is 0 Å². The van der Waals surface area contributed by atoms with Crippen molar-refractivity contribution >= 4 is 0 Å². The molecule has 1 aliphatic heterocycles. The van der Waals surface area contributed by atoms with Gasteiger partial charge in [0.1, 0.15) is 12.4 Å². The molecule has 3 rings (SSSR count). The minimum absolute atomic E-state index is 0.124. The maximum atomic E-state index is 13.8. The minimum atomic E-state index is -0.825. The molecule has 1 saturated heterocycles. The molecule has 0 aromatic carbocycles. The van der Waals surface area contributed by atoms with Crippen LogP contribution in [-0.4, -0.2) is 91.2 Å². The van der Waals surface area contributed by atoms with Crippen molar-refractivity contribution in [1.82, 2.24) is 20.6 Å². The van der Waals surface area contributed by atoms with Crippen LogP contribution in [0.25, 0.3) is 0 Å². The van der Waals surface area contributed by atoms with Crippen LogP contribution in [0.5, 0.6) is 0 Å². The molecule has 0 amide bonds. The number of hydrogen-bond acceptors (Lipinski definition) is 7.